The molecule has 1 aromatic heterocycles. The van der Waals surface area contributed by atoms with Crippen LogP contribution in [0, 0.1) is 0 Å². The van der Waals surface area contributed by atoms with E-state index in [0.717, 1.165) is 23.1 Å². The number of fused-ring (bicyclic) bond motifs is 1. The van der Waals surface area contributed by atoms with Crippen molar-refractivity contribution in [2.24, 2.45) is 0 Å². The summed E-state index contributed by atoms with van der Waals surface area (Å²) in [5, 5.41) is 1.88. The third kappa shape index (κ3) is 3.45. The molecular formula is C24H22F3NO3S. The summed E-state index contributed by atoms with van der Waals surface area (Å²) in [6, 6.07) is 5.71. The van der Waals surface area contributed by atoms with E-state index in [1.54, 1.807) is 17.0 Å². The van der Waals surface area contributed by atoms with Gasteiger partial charge in [0.1, 0.15) is 12.4 Å². The highest BCUT2D eigenvalue weighted by Gasteiger charge is 2.64. The zero-order valence-electron chi connectivity index (χ0n) is 17.3. The zero-order chi connectivity index (χ0) is 22.7. The topological polar surface area (TPSA) is 46.6 Å². The average Bonchev–Trinajstić information content (AvgIpc) is 3.39. The molecule has 1 amide bonds. The Kier molecular flexibility index (Phi) is 4.96. The molecule has 8 heteroatoms. The van der Waals surface area contributed by atoms with Gasteiger partial charge < -0.3 is 9.64 Å². The molecule has 0 saturated heterocycles. The molecule has 3 aliphatic rings. The average molecular weight is 462 g/mol. The third-order valence-corrected chi connectivity index (χ3v) is 7.86. The standard InChI is InChI=1S/C24H22F3NO3S/c1-14-2-7-19(20(29)10-14)28-11-18-15(13-32-21(18)22(28)30)12-31-17-5-3-16(4-6-17)23(8-9-23)24(25,26)27/h3-6,13,19H,1-2,7-12H2/t19-/m0/s1. The van der Waals surface area contributed by atoms with Crippen molar-refractivity contribution in [2.75, 3.05) is 0 Å². The van der Waals surface area contributed by atoms with Crippen LogP contribution in [-0.2, 0) is 23.4 Å². The number of alkyl halides is 3. The van der Waals surface area contributed by atoms with E-state index in [0.29, 0.717) is 30.0 Å². The van der Waals surface area contributed by atoms with Crippen molar-refractivity contribution in [3.63, 3.8) is 0 Å². The summed E-state index contributed by atoms with van der Waals surface area (Å²) in [6.07, 6.45) is -2.31. The number of carbonyl (C=O) groups is 2. The van der Waals surface area contributed by atoms with Crippen LogP contribution in [0.1, 0.15) is 58.5 Å². The van der Waals surface area contributed by atoms with Gasteiger partial charge in [-0.3, -0.25) is 9.59 Å². The fourth-order valence-electron chi connectivity index (χ4n) is 4.69. The van der Waals surface area contributed by atoms with Crippen LogP contribution in [0.3, 0.4) is 0 Å². The maximum absolute atomic E-state index is 13.3. The molecule has 1 aromatic carbocycles. The number of ether oxygens (including phenoxy) is 1. The van der Waals surface area contributed by atoms with Crippen molar-refractivity contribution in [2.45, 2.75) is 62.9 Å². The van der Waals surface area contributed by atoms with Gasteiger partial charge >= 0.3 is 6.18 Å². The summed E-state index contributed by atoms with van der Waals surface area (Å²) in [4.78, 5) is 27.6. The second-order valence-electron chi connectivity index (χ2n) is 8.84. The van der Waals surface area contributed by atoms with Crippen LogP contribution in [0.5, 0.6) is 5.75 Å². The van der Waals surface area contributed by atoms with Gasteiger partial charge in [-0.25, -0.2) is 0 Å². The van der Waals surface area contributed by atoms with E-state index < -0.39 is 17.6 Å². The normalized spacial score (nSPS) is 22.3. The highest BCUT2D eigenvalue weighted by molar-refractivity contribution is 7.12. The summed E-state index contributed by atoms with van der Waals surface area (Å²) in [6.45, 7) is 4.48. The second kappa shape index (κ2) is 7.47. The third-order valence-electron chi connectivity index (χ3n) is 6.80. The SMILES string of the molecule is C=C1CC[C@H](N2Cc3c(COc4ccc(C5(C(F)(F)F)CC5)cc4)csc3C2=O)C(=O)C1. The van der Waals surface area contributed by atoms with Gasteiger partial charge in [0.15, 0.2) is 5.78 Å². The van der Waals surface area contributed by atoms with Crippen LogP contribution in [-0.4, -0.2) is 28.8 Å². The van der Waals surface area contributed by atoms with E-state index in [9.17, 15) is 22.8 Å². The molecule has 2 saturated carbocycles. The Balaban J connectivity index is 1.26. The molecule has 2 aliphatic carbocycles. The summed E-state index contributed by atoms with van der Waals surface area (Å²) in [7, 11) is 0. The molecule has 0 unspecified atom stereocenters. The number of halogens is 3. The molecule has 4 nitrogen and oxygen atoms in total. The van der Waals surface area contributed by atoms with Crippen LogP contribution < -0.4 is 4.74 Å². The number of hydrogen-bond acceptors (Lipinski definition) is 4. The first kappa shape index (κ1) is 21.2. The number of hydrogen-bond donors (Lipinski definition) is 0. The lowest BCUT2D eigenvalue weighted by atomic mass is 9.90. The predicted octanol–water partition coefficient (Wildman–Crippen LogP) is 5.55. The smallest absolute Gasteiger partial charge is 0.398 e. The maximum Gasteiger partial charge on any atom is 0.398 e. The zero-order valence-corrected chi connectivity index (χ0v) is 18.2. The van der Waals surface area contributed by atoms with Crippen molar-refractivity contribution in [1.82, 2.24) is 4.90 Å². The molecule has 168 valence electrons. The Labute approximate surface area is 187 Å². The van der Waals surface area contributed by atoms with Gasteiger partial charge in [0.25, 0.3) is 5.91 Å². The molecule has 0 radical (unpaired) electrons. The van der Waals surface area contributed by atoms with Crippen LogP contribution in [0.15, 0.2) is 41.8 Å². The number of ketones is 1. The van der Waals surface area contributed by atoms with Crippen molar-refractivity contribution >= 4 is 23.0 Å². The minimum atomic E-state index is -4.24. The van der Waals surface area contributed by atoms with Crippen molar-refractivity contribution in [1.29, 1.82) is 0 Å². The van der Waals surface area contributed by atoms with Gasteiger partial charge in [-0.1, -0.05) is 24.3 Å². The Morgan fingerprint density at radius 3 is 2.53 bits per heavy atom. The minimum Gasteiger partial charge on any atom is -0.489 e. The van der Waals surface area contributed by atoms with E-state index in [-0.39, 0.29) is 36.7 Å². The molecule has 2 fully saturated rings. The summed E-state index contributed by atoms with van der Waals surface area (Å²) in [5.74, 6) is 0.400. The summed E-state index contributed by atoms with van der Waals surface area (Å²) in [5.41, 5.74) is 1.23. The van der Waals surface area contributed by atoms with Gasteiger partial charge in [-0.05, 0) is 48.8 Å². The number of thiophene rings is 1. The Hall–Kier alpha value is -2.61. The second-order valence-corrected chi connectivity index (χ2v) is 9.72. The molecular weight excluding hydrogens is 439 g/mol. The number of amides is 1. The number of nitrogens with zero attached hydrogens (tertiary/aromatic N) is 1. The minimum absolute atomic E-state index is 0.0370. The van der Waals surface area contributed by atoms with E-state index in [1.807, 2.05) is 5.38 Å². The molecule has 5 rings (SSSR count). The summed E-state index contributed by atoms with van der Waals surface area (Å²) >= 11 is 1.34. The lowest BCUT2D eigenvalue weighted by Crippen LogP contribution is -2.43. The fraction of sp³-hybridized carbons (Fsp3) is 0.417. The van der Waals surface area contributed by atoms with Crippen LogP contribution >= 0.6 is 11.3 Å². The van der Waals surface area contributed by atoms with Gasteiger partial charge in [0.2, 0.25) is 0 Å². The highest BCUT2D eigenvalue weighted by atomic mass is 32.1. The van der Waals surface area contributed by atoms with Crippen LogP contribution in [0.4, 0.5) is 13.2 Å². The fourth-order valence-corrected chi connectivity index (χ4v) is 5.72. The molecule has 0 spiro atoms. The van der Waals surface area contributed by atoms with Crippen molar-refractivity contribution < 1.29 is 27.5 Å². The highest BCUT2D eigenvalue weighted by Crippen LogP contribution is 2.59. The first-order chi connectivity index (χ1) is 15.2. The predicted molar refractivity (Wildman–Crippen MR) is 114 cm³/mol. The Bertz CT molecular complexity index is 1100. The monoisotopic (exact) mass is 461 g/mol. The molecule has 32 heavy (non-hydrogen) atoms. The van der Waals surface area contributed by atoms with Gasteiger partial charge in [0.05, 0.1) is 16.3 Å². The molecule has 1 atom stereocenters. The van der Waals surface area contributed by atoms with E-state index >= 15 is 0 Å². The van der Waals surface area contributed by atoms with Crippen LogP contribution in [0.2, 0.25) is 0 Å². The van der Waals surface area contributed by atoms with Crippen molar-refractivity contribution in [3.8, 4) is 5.75 Å². The molecule has 0 bridgehead atoms. The molecule has 2 aromatic rings. The van der Waals surface area contributed by atoms with E-state index in [2.05, 4.69) is 6.58 Å². The molecule has 2 heterocycles. The Morgan fingerprint density at radius 1 is 1.19 bits per heavy atom. The lowest BCUT2D eigenvalue weighted by Gasteiger charge is -2.30. The molecule has 1 aliphatic heterocycles. The largest absolute Gasteiger partial charge is 0.489 e. The van der Waals surface area contributed by atoms with E-state index in [1.165, 1.54) is 23.5 Å². The number of allylic oxidation sites excluding steroid dienone is 1. The van der Waals surface area contributed by atoms with E-state index in [4.69, 9.17) is 4.74 Å². The molecule has 0 N–H and O–H groups in total. The first-order valence-corrected chi connectivity index (χ1v) is 11.5. The number of rotatable bonds is 5. The van der Waals surface area contributed by atoms with Crippen LogP contribution in [0.25, 0.3) is 0 Å². The van der Waals surface area contributed by atoms with Gasteiger partial charge in [-0.15, -0.1) is 11.3 Å². The number of benzene rings is 1. The van der Waals surface area contributed by atoms with Crippen molar-refractivity contribution in [3.05, 3.63) is 63.4 Å². The van der Waals surface area contributed by atoms with Gasteiger partial charge in [-0.2, -0.15) is 13.2 Å². The quantitative estimate of drug-likeness (QED) is 0.548. The first-order valence-electron chi connectivity index (χ1n) is 10.6. The number of Topliss-reactive ketones (excluding diaryl/α,β-unsaturated/α-hetero) is 1. The van der Waals surface area contributed by atoms with Gasteiger partial charge in [0, 0.05) is 24.1 Å². The Morgan fingerprint density at radius 2 is 1.91 bits per heavy atom. The summed E-state index contributed by atoms with van der Waals surface area (Å²) < 4.78 is 45.7. The lowest BCUT2D eigenvalue weighted by molar-refractivity contribution is -0.160. The maximum atomic E-state index is 13.3. The number of carbonyl (C=O) groups excluding carboxylic acids is 2.